The van der Waals surface area contributed by atoms with Gasteiger partial charge in [0, 0.05) is 12.1 Å². The van der Waals surface area contributed by atoms with Crippen LogP contribution in [0.25, 0.3) is 10.8 Å². The van der Waals surface area contributed by atoms with Gasteiger partial charge in [0.15, 0.2) is 0 Å². The van der Waals surface area contributed by atoms with Crippen LogP contribution in [0.4, 0.5) is 0 Å². The zero-order valence-electron chi connectivity index (χ0n) is 11.6. The zero-order chi connectivity index (χ0) is 13.4. The molecule has 2 nitrogen and oxygen atoms in total. The monoisotopic (exact) mass is 255 g/mol. The van der Waals surface area contributed by atoms with Crippen molar-refractivity contribution in [2.45, 2.75) is 32.4 Å². The second-order valence-corrected chi connectivity index (χ2v) is 5.82. The van der Waals surface area contributed by atoms with Gasteiger partial charge in [-0.05, 0) is 34.2 Å². The van der Waals surface area contributed by atoms with Crippen LogP contribution in [0.15, 0.2) is 36.4 Å². The van der Waals surface area contributed by atoms with E-state index in [1.54, 1.807) is 0 Å². The number of benzene rings is 2. The van der Waals surface area contributed by atoms with E-state index < -0.39 is 0 Å². The average molecular weight is 255 g/mol. The molecule has 1 aliphatic carbocycles. The highest BCUT2D eigenvalue weighted by Crippen LogP contribution is 2.37. The summed E-state index contributed by atoms with van der Waals surface area (Å²) in [6.45, 7) is 4.49. The first-order valence-electron chi connectivity index (χ1n) is 7.08. The summed E-state index contributed by atoms with van der Waals surface area (Å²) < 4.78 is 0. The van der Waals surface area contributed by atoms with Gasteiger partial charge in [-0.25, -0.2) is 0 Å². The molecule has 0 fully saturated rings. The van der Waals surface area contributed by atoms with Crippen molar-refractivity contribution < 1.29 is 5.11 Å². The van der Waals surface area contributed by atoms with Gasteiger partial charge in [-0.15, -0.1) is 0 Å². The maximum Gasteiger partial charge on any atom is 0.0587 e. The fourth-order valence-corrected chi connectivity index (χ4v) is 3.10. The van der Waals surface area contributed by atoms with Crippen molar-refractivity contribution >= 4 is 10.8 Å². The summed E-state index contributed by atoms with van der Waals surface area (Å²) in [4.78, 5) is 0. The molecule has 2 aromatic rings. The molecule has 100 valence electrons. The molecule has 0 bridgehead atoms. The van der Waals surface area contributed by atoms with Gasteiger partial charge >= 0.3 is 0 Å². The molecule has 2 N–H and O–H groups in total. The highest BCUT2D eigenvalue weighted by molar-refractivity contribution is 5.91. The van der Waals surface area contributed by atoms with E-state index in [1.807, 2.05) is 0 Å². The predicted molar refractivity (Wildman–Crippen MR) is 79.2 cm³/mol. The molecule has 0 spiro atoms. The largest absolute Gasteiger partial charge is 0.395 e. The molecule has 0 aromatic heterocycles. The molecule has 0 heterocycles. The Balaban J connectivity index is 1.95. The Morgan fingerprint density at radius 3 is 2.63 bits per heavy atom. The maximum absolute atomic E-state index is 9.51. The Labute approximate surface area is 114 Å². The quantitative estimate of drug-likeness (QED) is 0.880. The third kappa shape index (κ3) is 2.15. The zero-order valence-corrected chi connectivity index (χ0v) is 11.6. The van der Waals surface area contributed by atoms with Crippen LogP contribution < -0.4 is 5.32 Å². The third-order valence-corrected chi connectivity index (χ3v) is 4.24. The molecule has 19 heavy (non-hydrogen) atoms. The Bertz CT molecular complexity index is 586. The van der Waals surface area contributed by atoms with Crippen LogP contribution in [0.5, 0.6) is 0 Å². The molecule has 3 rings (SSSR count). The van der Waals surface area contributed by atoms with Crippen LogP contribution in [0.1, 0.15) is 31.0 Å². The Kier molecular flexibility index (Phi) is 3.29. The number of aliphatic hydroxyl groups is 1. The summed E-state index contributed by atoms with van der Waals surface area (Å²) in [7, 11) is 0. The van der Waals surface area contributed by atoms with Crippen LogP contribution in [0.3, 0.4) is 0 Å². The van der Waals surface area contributed by atoms with Crippen molar-refractivity contribution in [3.8, 4) is 0 Å². The number of hydrogen-bond acceptors (Lipinski definition) is 2. The van der Waals surface area contributed by atoms with Gasteiger partial charge in [0.1, 0.15) is 0 Å². The molecule has 2 atom stereocenters. The molecule has 0 saturated heterocycles. The van der Waals surface area contributed by atoms with E-state index in [4.69, 9.17) is 0 Å². The second-order valence-electron chi connectivity index (χ2n) is 5.82. The highest BCUT2D eigenvalue weighted by atomic mass is 16.3. The van der Waals surface area contributed by atoms with Gasteiger partial charge in [-0.2, -0.15) is 0 Å². The van der Waals surface area contributed by atoms with E-state index >= 15 is 0 Å². The van der Waals surface area contributed by atoms with Gasteiger partial charge in [-0.3, -0.25) is 0 Å². The molecule has 0 aliphatic heterocycles. The van der Waals surface area contributed by atoms with Crippen molar-refractivity contribution in [2.24, 2.45) is 5.92 Å². The van der Waals surface area contributed by atoms with Crippen LogP contribution in [0.2, 0.25) is 0 Å². The van der Waals surface area contributed by atoms with Gasteiger partial charge in [0.2, 0.25) is 0 Å². The molecular weight excluding hydrogens is 234 g/mol. The van der Waals surface area contributed by atoms with Gasteiger partial charge < -0.3 is 10.4 Å². The molecular formula is C17H21NO. The first-order chi connectivity index (χ1) is 9.20. The lowest BCUT2D eigenvalue weighted by Crippen LogP contribution is -2.39. The molecule has 0 unspecified atom stereocenters. The van der Waals surface area contributed by atoms with Gasteiger partial charge in [-0.1, -0.05) is 50.2 Å². The smallest absolute Gasteiger partial charge is 0.0587 e. The SMILES string of the molecule is CC(C)[C@@H](CO)N[C@@H]1Cc2cccc3cccc1c23. The number of aliphatic hydroxyl groups excluding tert-OH is 1. The van der Waals surface area contributed by atoms with E-state index in [-0.39, 0.29) is 12.6 Å². The van der Waals surface area contributed by atoms with Crippen LogP contribution in [-0.2, 0) is 6.42 Å². The normalized spacial score (nSPS) is 19.3. The van der Waals surface area contributed by atoms with Crippen molar-refractivity contribution in [1.29, 1.82) is 0 Å². The van der Waals surface area contributed by atoms with Gasteiger partial charge in [0.25, 0.3) is 0 Å². The van der Waals surface area contributed by atoms with Crippen LogP contribution in [0, 0.1) is 5.92 Å². The number of rotatable bonds is 4. The molecule has 2 heteroatoms. The first-order valence-corrected chi connectivity index (χ1v) is 7.08. The fourth-order valence-electron chi connectivity index (χ4n) is 3.10. The van der Waals surface area contributed by atoms with Gasteiger partial charge in [0.05, 0.1) is 6.61 Å². The minimum atomic E-state index is 0.162. The van der Waals surface area contributed by atoms with E-state index in [0.717, 1.165) is 6.42 Å². The van der Waals surface area contributed by atoms with E-state index in [1.165, 1.54) is 21.9 Å². The van der Waals surface area contributed by atoms with E-state index in [2.05, 4.69) is 55.6 Å². The van der Waals surface area contributed by atoms with Crippen molar-refractivity contribution in [3.63, 3.8) is 0 Å². The fraction of sp³-hybridized carbons (Fsp3) is 0.412. The summed E-state index contributed by atoms with van der Waals surface area (Å²) in [5, 5.41) is 15.9. The van der Waals surface area contributed by atoms with Crippen LogP contribution >= 0.6 is 0 Å². The minimum Gasteiger partial charge on any atom is -0.395 e. The topological polar surface area (TPSA) is 32.3 Å². The molecule has 0 saturated carbocycles. The van der Waals surface area contributed by atoms with Crippen LogP contribution in [-0.4, -0.2) is 17.8 Å². The van der Waals surface area contributed by atoms with Crippen molar-refractivity contribution in [2.75, 3.05) is 6.61 Å². The molecule has 1 aliphatic rings. The maximum atomic E-state index is 9.51. The average Bonchev–Trinajstić information content (AvgIpc) is 2.76. The highest BCUT2D eigenvalue weighted by Gasteiger charge is 2.26. The van der Waals surface area contributed by atoms with E-state index in [0.29, 0.717) is 12.0 Å². The standard InChI is InChI=1S/C17H21NO/c1-11(2)16(10-19)18-15-9-13-7-3-5-12-6-4-8-14(15)17(12)13/h3-8,11,15-16,18-19H,9-10H2,1-2H3/t15-,16-/m1/s1. The predicted octanol–water partition coefficient (Wildman–Crippen LogP) is 3.04. The van der Waals surface area contributed by atoms with Crippen molar-refractivity contribution in [3.05, 3.63) is 47.5 Å². The number of nitrogens with one attached hydrogen (secondary N) is 1. The lowest BCUT2D eigenvalue weighted by molar-refractivity contribution is 0.199. The third-order valence-electron chi connectivity index (χ3n) is 4.24. The summed E-state index contributed by atoms with van der Waals surface area (Å²) in [6, 6.07) is 13.5. The van der Waals surface area contributed by atoms with E-state index in [9.17, 15) is 5.11 Å². The second kappa shape index (κ2) is 4.95. The minimum absolute atomic E-state index is 0.162. The Hall–Kier alpha value is -1.38. The summed E-state index contributed by atoms with van der Waals surface area (Å²) in [5.41, 5.74) is 2.80. The summed E-state index contributed by atoms with van der Waals surface area (Å²) in [6.07, 6.45) is 1.03. The Morgan fingerprint density at radius 1 is 1.21 bits per heavy atom. The number of hydrogen-bond donors (Lipinski definition) is 2. The van der Waals surface area contributed by atoms with Crippen molar-refractivity contribution in [1.82, 2.24) is 5.32 Å². The lowest BCUT2D eigenvalue weighted by atomic mass is 10.0. The molecule has 2 aromatic carbocycles. The summed E-state index contributed by atoms with van der Waals surface area (Å²) >= 11 is 0. The Morgan fingerprint density at radius 2 is 1.95 bits per heavy atom. The summed E-state index contributed by atoms with van der Waals surface area (Å²) in [5.74, 6) is 0.438. The molecule has 0 radical (unpaired) electrons. The first kappa shape index (κ1) is 12.6. The lowest BCUT2D eigenvalue weighted by Gasteiger charge is -2.25. The molecule has 0 amide bonds.